The molecule has 1 atom stereocenters. The third kappa shape index (κ3) is 4.85. The molecular weight excluding hydrogens is 409 g/mol. The van der Waals surface area contributed by atoms with Gasteiger partial charge in [0.1, 0.15) is 5.82 Å². The van der Waals surface area contributed by atoms with Gasteiger partial charge in [0.05, 0.1) is 10.8 Å². The van der Waals surface area contributed by atoms with Crippen molar-refractivity contribution in [3.8, 4) is 0 Å². The van der Waals surface area contributed by atoms with E-state index in [1.807, 2.05) is 0 Å². The highest BCUT2D eigenvalue weighted by molar-refractivity contribution is 7.89. The number of rotatable bonds is 4. The van der Waals surface area contributed by atoms with E-state index in [1.165, 1.54) is 36.4 Å². The van der Waals surface area contributed by atoms with Crippen LogP contribution in [0.1, 0.15) is 34.3 Å². The molecule has 0 aromatic heterocycles. The Labute approximate surface area is 175 Å². The molecule has 30 heavy (non-hydrogen) atoms. The highest BCUT2D eigenvalue weighted by Gasteiger charge is 2.29. The number of nitrogens with one attached hydrogen (secondary N) is 1. The van der Waals surface area contributed by atoms with Gasteiger partial charge in [-0.3, -0.25) is 9.59 Å². The average molecular weight is 434 g/mol. The zero-order valence-corrected chi connectivity index (χ0v) is 17.6. The van der Waals surface area contributed by atoms with E-state index in [0.29, 0.717) is 36.2 Å². The number of carbonyl (C=O) groups is 2. The zero-order valence-electron chi connectivity index (χ0n) is 16.8. The summed E-state index contributed by atoms with van der Waals surface area (Å²) in [6.07, 6.45) is 1.26. The van der Waals surface area contributed by atoms with Crippen LogP contribution in [0.15, 0.2) is 41.3 Å². The Morgan fingerprint density at radius 3 is 2.47 bits per heavy atom. The van der Waals surface area contributed by atoms with E-state index in [1.54, 1.807) is 18.7 Å². The number of likely N-dealkylation sites (tertiary alicyclic amines) is 1. The van der Waals surface area contributed by atoms with Crippen LogP contribution in [-0.4, -0.2) is 38.2 Å². The van der Waals surface area contributed by atoms with Crippen molar-refractivity contribution in [1.29, 1.82) is 0 Å². The van der Waals surface area contributed by atoms with Crippen LogP contribution < -0.4 is 10.5 Å². The van der Waals surface area contributed by atoms with Crippen LogP contribution in [0.2, 0.25) is 0 Å². The van der Waals surface area contributed by atoms with Gasteiger partial charge in [-0.25, -0.2) is 17.9 Å². The van der Waals surface area contributed by atoms with Crippen molar-refractivity contribution in [2.75, 3.05) is 18.4 Å². The lowest BCUT2D eigenvalue weighted by Gasteiger charge is -2.32. The van der Waals surface area contributed by atoms with E-state index >= 15 is 0 Å². The molecule has 9 heteroatoms. The molecule has 3 rings (SSSR count). The Balaban J connectivity index is 1.75. The zero-order chi connectivity index (χ0) is 22.1. The molecule has 160 valence electrons. The Bertz CT molecular complexity index is 1080. The van der Waals surface area contributed by atoms with Crippen LogP contribution in [0.25, 0.3) is 0 Å². The third-order valence-electron chi connectivity index (χ3n) is 5.40. The van der Waals surface area contributed by atoms with E-state index in [0.717, 1.165) is 5.56 Å². The number of amides is 2. The summed E-state index contributed by atoms with van der Waals surface area (Å²) in [6, 6.07) is 8.11. The van der Waals surface area contributed by atoms with Crippen molar-refractivity contribution in [1.82, 2.24) is 4.90 Å². The molecule has 1 fully saturated rings. The van der Waals surface area contributed by atoms with E-state index in [2.05, 4.69) is 5.32 Å². The molecular formula is C21H24FN3O4S. The largest absolute Gasteiger partial charge is 0.338 e. The van der Waals surface area contributed by atoms with Gasteiger partial charge in [-0.15, -0.1) is 0 Å². The number of piperidine rings is 1. The summed E-state index contributed by atoms with van der Waals surface area (Å²) in [5.74, 6) is -1.41. The van der Waals surface area contributed by atoms with E-state index in [9.17, 15) is 22.4 Å². The fourth-order valence-electron chi connectivity index (χ4n) is 3.51. The number of hydrogen-bond acceptors (Lipinski definition) is 4. The topological polar surface area (TPSA) is 110 Å². The maximum Gasteiger partial charge on any atom is 0.253 e. The molecule has 0 saturated carbocycles. The first kappa shape index (κ1) is 21.9. The average Bonchev–Trinajstić information content (AvgIpc) is 2.70. The minimum atomic E-state index is -3.91. The van der Waals surface area contributed by atoms with Gasteiger partial charge in [0.2, 0.25) is 15.9 Å². The fraction of sp³-hybridized carbons (Fsp3) is 0.333. The normalized spacial score (nSPS) is 16.9. The molecule has 7 nitrogen and oxygen atoms in total. The quantitative estimate of drug-likeness (QED) is 0.772. The lowest BCUT2D eigenvalue weighted by molar-refractivity contribution is -0.121. The van der Waals surface area contributed by atoms with Crippen molar-refractivity contribution in [2.45, 2.75) is 31.6 Å². The number of nitrogens with two attached hydrogens (primary N) is 1. The van der Waals surface area contributed by atoms with Crippen molar-refractivity contribution in [3.63, 3.8) is 0 Å². The van der Waals surface area contributed by atoms with Crippen molar-refractivity contribution in [2.24, 2.45) is 11.1 Å². The second-order valence-corrected chi connectivity index (χ2v) is 9.11. The number of nitrogens with zero attached hydrogens (tertiary/aromatic N) is 1. The predicted octanol–water partition coefficient (Wildman–Crippen LogP) is 2.58. The first-order valence-electron chi connectivity index (χ1n) is 9.56. The summed E-state index contributed by atoms with van der Waals surface area (Å²) in [5.41, 5.74) is 2.18. The number of hydrogen-bond donors (Lipinski definition) is 2. The maximum absolute atomic E-state index is 13.1. The SMILES string of the molecule is Cc1cc(S(N)(=O)=O)cc(NC(=O)C2CCCN(C(=O)c3ccc(F)cc3)C2)c1C. The van der Waals surface area contributed by atoms with Crippen LogP contribution in [0.5, 0.6) is 0 Å². The van der Waals surface area contributed by atoms with E-state index in [4.69, 9.17) is 5.14 Å². The molecule has 1 unspecified atom stereocenters. The first-order valence-corrected chi connectivity index (χ1v) is 11.1. The van der Waals surface area contributed by atoms with Gasteiger partial charge in [0.15, 0.2) is 0 Å². The Hall–Kier alpha value is -2.78. The summed E-state index contributed by atoms with van der Waals surface area (Å²) in [5, 5.41) is 8.02. The smallest absolute Gasteiger partial charge is 0.253 e. The second-order valence-electron chi connectivity index (χ2n) is 7.54. The molecule has 1 heterocycles. The monoisotopic (exact) mass is 433 g/mol. The number of primary sulfonamides is 1. The summed E-state index contributed by atoms with van der Waals surface area (Å²) in [6.45, 7) is 4.26. The molecule has 1 saturated heterocycles. The van der Waals surface area contributed by atoms with Gasteiger partial charge in [-0.05, 0) is 74.2 Å². The number of halogens is 1. The Morgan fingerprint density at radius 1 is 1.17 bits per heavy atom. The maximum atomic E-state index is 13.1. The third-order valence-corrected chi connectivity index (χ3v) is 6.29. The van der Waals surface area contributed by atoms with Crippen LogP contribution in [0.3, 0.4) is 0 Å². The van der Waals surface area contributed by atoms with Crippen molar-refractivity contribution >= 4 is 27.5 Å². The highest BCUT2D eigenvalue weighted by Crippen LogP contribution is 2.26. The number of benzene rings is 2. The van der Waals surface area contributed by atoms with Gasteiger partial charge in [-0.2, -0.15) is 0 Å². The minimum Gasteiger partial charge on any atom is -0.338 e. The second kappa shape index (κ2) is 8.53. The number of anilines is 1. The molecule has 0 spiro atoms. The molecule has 0 bridgehead atoms. The van der Waals surface area contributed by atoms with E-state index < -0.39 is 21.8 Å². The molecule has 2 amide bonds. The standard InChI is InChI=1S/C21H24FN3O4S/c1-13-10-18(30(23,28)29)11-19(14(13)2)24-20(26)16-4-3-9-25(12-16)21(27)15-5-7-17(22)8-6-15/h5-8,10-11,16H,3-4,9,12H2,1-2H3,(H,24,26)(H2,23,28,29). The lowest BCUT2D eigenvalue weighted by Crippen LogP contribution is -2.43. The summed E-state index contributed by atoms with van der Waals surface area (Å²) in [7, 11) is -3.91. The lowest BCUT2D eigenvalue weighted by atomic mass is 9.96. The van der Waals surface area contributed by atoms with Crippen LogP contribution >= 0.6 is 0 Å². The highest BCUT2D eigenvalue weighted by atomic mass is 32.2. The molecule has 0 radical (unpaired) electrons. The molecule has 2 aromatic rings. The van der Waals surface area contributed by atoms with Crippen molar-refractivity contribution in [3.05, 3.63) is 58.9 Å². The van der Waals surface area contributed by atoms with Crippen molar-refractivity contribution < 1.29 is 22.4 Å². The molecule has 1 aliphatic heterocycles. The van der Waals surface area contributed by atoms with Gasteiger partial charge in [0.25, 0.3) is 5.91 Å². The first-order chi connectivity index (χ1) is 14.1. The van der Waals surface area contributed by atoms with E-state index in [-0.39, 0.29) is 23.3 Å². The predicted molar refractivity (Wildman–Crippen MR) is 111 cm³/mol. The van der Waals surface area contributed by atoms with Gasteiger partial charge in [-0.1, -0.05) is 0 Å². The molecule has 3 N–H and O–H groups in total. The number of aryl methyl sites for hydroxylation is 1. The number of sulfonamides is 1. The van der Waals surface area contributed by atoms with Crippen LogP contribution in [0.4, 0.5) is 10.1 Å². The minimum absolute atomic E-state index is 0.0716. The summed E-state index contributed by atoms with van der Waals surface area (Å²) < 4.78 is 36.5. The van der Waals surface area contributed by atoms with Crippen LogP contribution in [-0.2, 0) is 14.8 Å². The summed E-state index contributed by atoms with van der Waals surface area (Å²) >= 11 is 0. The molecule has 1 aliphatic rings. The molecule has 2 aromatic carbocycles. The van der Waals surface area contributed by atoms with Gasteiger partial charge < -0.3 is 10.2 Å². The summed E-state index contributed by atoms with van der Waals surface area (Å²) in [4.78, 5) is 27.1. The van der Waals surface area contributed by atoms with Crippen LogP contribution in [0, 0.1) is 25.6 Å². The number of carbonyl (C=O) groups excluding carboxylic acids is 2. The Kier molecular flexibility index (Phi) is 6.23. The van der Waals surface area contributed by atoms with Gasteiger partial charge >= 0.3 is 0 Å². The Morgan fingerprint density at radius 2 is 1.83 bits per heavy atom. The van der Waals surface area contributed by atoms with Gasteiger partial charge in [0, 0.05) is 24.3 Å². The molecule has 0 aliphatic carbocycles. The fourth-order valence-corrected chi connectivity index (χ4v) is 4.13.